The van der Waals surface area contributed by atoms with Gasteiger partial charge in [-0.3, -0.25) is 9.59 Å². The molecule has 0 fully saturated rings. The number of carbonyl (C=O) groups excluding carboxylic acids is 5. The molecule has 1 aromatic carbocycles. The third-order valence-electron chi connectivity index (χ3n) is 5.51. The van der Waals surface area contributed by atoms with Gasteiger partial charge in [0.1, 0.15) is 28.9 Å². The third-order valence-corrected chi connectivity index (χ3v) is 6.35. The second-order valence-electron chi connectivity index (χ2n) is 12.9. The molecular formula is C30H42BrN3O9. The van der Waals surface area contributed by atoms with Crippen LogP contribution in [0.3, 0.4) is 0 Å². The quantitative estimate of drug-likeness (QED) is 0.292. The van der Waals surface area contributed by atoms with Crippen LogP contribution in [0, 0.1) is 0 Å². The van der Waals surface area contributed by atoms with E-state index in [2.05, 4.69) is 26.6 Å². The summed E-state index contributed by atoms with van der Waals surface area (Å²) in [6, 6.07) is 4.28. The zero-order chi connectivity index (χ0) is 32.9. The molecule has 1 aromatic heterocycles. The highest BCUT2D eigenvalue weighted by atomic mass is 79.9. The van der Waals surface area contributed by atoms with Crippen molar-refractivity contribution in [2.24, 2.45) is 0 Å². The second-order valence-corrected chi connectivity index (χ2v) is 13.6. The van der Waals surface area contributed by atoms with Gasteiger partial charge in [0.15, 0.2) is 0 Å². The predicted molar refractivity (Wildman–Crippen MR) is 163 cm³/mol. The molecule has 12 nitrogen and oxygen atoms in total. The van der Waals surface area contributed by atoms with E-state index in [-0.39, 0.29) is 6.42 Å². The minimum Gasteiger partial charge on any atom is -0.469 e. The number of benzene rings is 1. The van der Waals surface area contributed by atoms with E-state index in [1.165, 1.54) is 4.57 Å². The summed E-state index contributed by atoms with van der Waals surface area (Å²) in [5, 5.41) is 5.70. The third kappa shape index (κ3) is 10.9. The van der Waals surface area contributed by atoms with Crippen molar-refractivity contribution < 1.29 is 42.9 Å². The Morgan fingerprint density at radius 3 is 1.91 bits per heavy atom. The van der Waals surface area contributed by atoms with E-state index < -0.39 is 65.3 Å². The molecule has 43 heavy (non-hydrogen) atoms. The lowest BCUT2D eigenvalue weighted by atomic mass is 10.0. The molecule has 0 aliphatic rings. The van der Waals surface area contributed by atoms with E-state index in [1.54, 1.807) is 86.6 Å². The van der Waals surface area contributed by atoms with Crippen LogP contribution in [0.15, 0.2) is 28.9 Å². The van der Waals surface area contributed by atoms with Crippen LogP contribution in [0.25, 0.3) is 10.9 Å². The van der Waals surface area contributed by atoms with Crippen LogP contribution < -0.4 is 10.6 Å². The first-order valence-electron chi connectivity index (χ1n) is 13.7. The summed E-state index contributed by atoms with van der Waals surface area (Å²) < 4.78 is 22.7. The van der Waals surface area contributed by atoms with Crippen molar-refractivity contribution in [2.45, 2.75) is 104 Å². The van der Waals surface area contributed by atoms with Gasteiger partial charge in [0.2, 0.25) is 5.91 Å². The highest BCUT2D eigenvalue weighted by molar-refractivity contribution is 9.10. The Labute approximate surface area is 260 Å². The Bertz CT molecular complexity index is 1360. The number of hydrogen-bond acceptors (Lipinski definition) is 9. The maximum absolute atomic E-state index is 13.7. The summed E-state index contributed by atoms with van der Waals surface area (Å²) in [4.78, 5) is 64.8. The standard InChI is InChI=1S/C30H42BrN3O9/c1-28(2,3)41-25(37)20(16-22(35)40-10)32-24(36)19(33-26(38)42-29(4,5)6)15-18-17-13-11-12-14-21(17)34(23(18)31)27(39)43-30(7,8)9/h11-14,19-20H,15-16H2,1-10H3,(H,32,36)(H,33,38)/t19-,20-/m1/s1. The van der Waals surface area contributed by atoms with Crippen molar-refractivity contribution in [1.29, 1.82) is 0 Å². The van der Waals surface area contributed by atoms with Gasteiger partial charge >= 0.3 is 24.1 Å². The van der Waals surface area contributed by atoms with Gasteiger partial charge in [0.25, 0.3) is 0 Å². The number of rotatable bonds is 8. The Morgan fingerprint density at radius 1 is 0.814 bits per heavy atom. The van der Waals surface area contributed by atoms with E-state index in [9.17, 15) is 24.0 Å². The van der Waals surface area contributed by atoms with Crippen LogP contribution in [-0.4, -0.2) is 70.6 Å². The molecule has 2 N–H and O–H groups in total. The van der Waals surface area contributed by atoms with E-state index in [0.29, 0.717) is 21.1 Å². The van der Waals surface area contributed by atoms with Crippen LogP contribution in [0.1, 0.15) is 74.3 Å². The first-order chi connectivity index (χ1) is 19.6. The largest absolute Gasteiger partial charge is 0.469 e. The average Bonchev–Trinajstić information content (AvgIpc) is 3.10. The van der Waals surface area contributed by atoms with Crippen molar-refractivity contribution in [2.75, 3.05) is 7.11 Å². The molecule has 0 saturated heterocycles. The fourth-order valence-electron chi connectivity index (χ4n) is 3.91. The number of carbonyl (C=O) groups is 5. The summed E-state index contributed by atoms with van der Waals surface area (Å²) in [5.41, 5.74) is -1.55. The van der Waals surface area contributed by atoms with E-state index in [1.807, 2.05) is 0 Å². The number of nitrogens with zero attached hydrogens (tertiary/aromatic N) is 1. The van der Waals surface area contributed by atoms with Crippen LogP contribution in [0.5, 0.6) is 0 Å². The van der Waals surface area contributed by atoms with Gasteiger partial charge < -0.3 is 29.6 Å². The molecule has 2 amide bonds. The number of hydrogen-bond donors (Lipinski definition) is 2. The predicted octanol–water partition coefficient (Wildman–Crippen LogP) is 5.01. The average molecular weight is 669 g/mol. The number of ether oxygens (including phenoxy) is 4. The Hall–Kier alpha value is -3.61. The summed E-state index contributed by atoms with van der Waals surface area (Å²) >= 11 is 3.50. The van der Waals surface area contributed by atoms with Gasteiger partial charge in [-0.2, -0.15) is 0 Å². The van der Waals surface area contributed by atoms with Crippen molar-refractivity contribution in [3.8, 4) is 0 Å². The Balaban J connectivity index is 2.56. The highest BCUT2D eigenvalue weighted by Crippen LogP contribution is 2.32. The first-order valence-corrected chi connectivity index (χ1v) is 14.5. The lowest BCUT2D eigenvalue weighted by Crippen LogP contribution is -2.54. The summed E-state index contributed by atoms with van der Waals surface area (Å²) in [5.74, 6) is -2.41. The zero-order valence-corrected chi connectivity index (χ0v) is 28.0. The highest BCUT2D eigenvalue weighted by Gasteiger charge is 2.34. The van der Waals surface area contributed by atoms with E-state index in [4.69, 9.17) is 18.9 Å². The van der Waals surface area contributed by atoms with E-state index >= 15 is 0 Å². The minimum atomic E-state index is -1.41. The molecule has 1 heterocycles. The second kappa shape index (κ2) is 13.8. The number of methoxy groups -OCH3 is 1. The number of nitrogens with one attached hydrogen (secondary N) is 2. The van der Waals surface area contributed by atoms with Crippen LogP contribution >= 0.6 is 15.9 Å². The number of amides is 2. The van der Waals surface area contributed by atoms with Crippen LogP contribution in [0.2, 0.25) is 0 Å². The molecule has 0 bridgehead atoms. The maximum Gasteiger partial charge on any atom is 0.419 e. The number of halogens is 1. The van der Waals surface area contributed by atoms with Gasteiger partial charge in [-0.05, 0) is 89.9 Å². The zero-order valence-electron chi connectivity index (χ0n) is 26.4. The number of alkyl carbamates (subject to hydrolysis) is 1. The monoisotopic (exact) mass is 667 g/mol. The summed E-state index contributed by atoms with van der Waals surface area (Å²) in [7, 11) is 1.15. The number of fused-ring (bicyclic) bond motifs is 1. The fraction of sp³-hybridized carbons (Fsp3) is 0.567. The summed E-state index contributed by atoms with van der Waals surface area (Å²) in [6.45, 7) is 15.2. The SMILES string of the molecule is COC(=O)C[C@@H](NC(=O)[C@@H](Cc1c(Br)n(C(=O)OC(C)(C)C)c2ccccc12)NC(=O)OC(C)(C)C)C(=O)OC(C)(C)C. The fourth-order valence-corrected chi connectivity index (χ4v) is 4.62. The Kier molecular flexibility index (Phi) is 11.4. The first kappa shape index (κ1) is 35.6. The number of esters is 2. The molecule has 0 aliphatic heterocycles. The topological polar surface area (TPSA) is 151 Å². The Morgan fingerprint density at radius 2 is 1.37 bits per heavy atom. The maximum atomic E-state index is 13.7. The molecule has 2 aromatic rings. The molecule has 0 unspecified atom stereocenters. The molecular weight excluding hydrogens is 626 g/mol. The molecule has 0 spiro atoms. The lowest BCUT2D eigenvalue weighted by Gasteiger charge is -2.27. The normalized spacial score (nSPS) is 13.5. The lowest BCUT2D eigenvalue weighted by molar-refractivity contribution is -0.161. The smallest absolute Gasteiger partial charge is 0.419 e. The van der Waals surface area contributed by atoms with Crippen molar-refractivity contribution in [1.82, 2.24) is 15.2 Å². The molecule has 2 rings (SSSR count). The number of para-hydroxylation sites is 1. The van der Waals surface area contributed by atoms with Gasteiger partial charge in [-0.15, -0.1) is 0 Å². The molecule has 0 aliphatic carbocycles. The van der Waals surface area contributed by atoms with Crippen molar-refractivity contribution >= 4 is 56.9 Å². The molecule has 13 heteroatoms. The van der Waals surface area contributed by atoms with Gasteiger partial charge in [-0.25, -0.2) is 19.0 Å². The molecule has 0 saturated carbocycles. The molecule has 2 atom stereocenters. The van der Waals surface area contributed by atoms with Crippen molar-refractivity contribution in [3.63, 3.8) is 0 Å². The number of aromatic nitrogens is 1. The van der Waals surface area contributed by atoms with Gasteiger partial charge in [-0.1, -0.05) is 18.2 Å². The van der Waals surface area contributed by atoms with Gasteiger partial charge in [0.05, 0.1) is 23.7 Å². The van der Waals surface area contributed by atoms with Crippen LogP contribution in [-0.2, 0) is 39.8 Å². The molecule has 238 valence electrons. The van der Waals surface area contributed by atoms with Gasteiger partial charge in [0, 0.05) is 11.8 Å². The minimum absolute atomic E-state index is 0.138. The molecule has 0 radical (unpaired) electrons. The summed E-state index contributed by atoms with van der Waals surface area (Å²) in [6.07, 6.45) is -2.17. The van der Waals surface area contributed by atoms with Crippen LogP contribution in [0.4, 0.5) is 9.59 Å². The van der Waals surface area contributed by atoms with Crippen molar-refractivity contribution in [3.05, 3.63) is 34.4 Å². The van der Waals surface area contributed by atoms with E-state index in [0.717, 1.165) is 7.11 Å².